The molecule has 2 aromatic carbocycles. The molecule has 3 rings (SSSR count). The molecule has 0 saturated heterocycles. The van der Waals surface area contributed by atoms with Crippen molar-refractivity contribution in [1.82, 2.24) is 4.98 Å². The van der Waals surface area contributed by atoms with Crippen LogP contribution in [-0.4, -0.2) is 17.9 Å². The Morgan fingerprint density at radius 3 is 2.42 bits per heavy atom. The third-order valence-electron chi connectivity index (χ3n) is 3.57. The molecule has 24 heavy (non-hydrogen) atoms. The van der Waals surface area contributed by atoms with Crippen LogP contribution in [0.3, 0.4) is 0 Å². The first-order chi connectivity index (χ1) is 11.6. The zero-order valence-electron chi connectivity index (χ0n) is 13.1. The van der Waals surface area contributed by atoms with E-state index >= 15 is 0 Å². The van der Waals surface area contributed by atoms with Crippen molar-refractivity contribution in [2.24, 2.45) is 0 Å². The Morgan fingerprint density at radius 1 is 1.00 bits per heavy atom. The minimum Gasteiger partial charge on any atom is -0.354 e. The topological polar surface area (TPSA) is 45.2 Å². The maximum Gasteiger partial charge on any atom is 0.259 e. The number of para-hydroxylation sites is 1. The summed E-state index contributed by atoms with van der Waals surface area (Å²) in [6, 6.07) is 17.1. The van der Waals surface area contributed by atoms with Gasteiger partial charge in [0.25, 0.3) is 5.91 Å². The monoisotopic (exact) mass is 321 g/mol. The molecule has 120 valence electrons. The summed E-state index contributed by atoms with van der Waals surface area (Å²) in [6.07, 6.45) is 3.14. The number of hydrogen-bond donors (Lipinski definition) is 1. The highest BCUT2D eigenvalue weighted by atomic mass is 19.1. The largest absolute Gasteiger partial charge is 0.354 e. The molecular formula is C19H16FN3O. The number of carbonyl (C=O) groups excluding carboxylic acids is 1. The van der Waals surface area contributed by atoms with Crippen LogP contribution in [0.1, 0.15) is 10.4 Å². The Bertz CT molecular complexity index is 835. The van der Waals surface area contributed by atoms with E-state index in [1.165, 1.54) is 18.3 Å². The SMILES string of the molecule is CN(C(=O)c1cncc(Nc2ccc(F)cc2)c1)c1ccccc1. The molecule has 0 bridgehead atoms. The van der Waals surface area contributed by atoms with Crippen molar-refractivity contribution in [3.8, 4) is 0 Å². The van der Waals surface area contributed by atoms with Crippen LogP contribution in [0.4, 0.5) is 21.5 Å². The van der Waals surface area contributed by atoms with E-state index in [-0.39, 0.29) is 11.7 Å². The molecule has 0 atom stereocenters. The number of carbonyl (C=O) groups is 1. The van der Waals surface area contributed by atoms with Crippen LogP contribution >= 0.6 is 0 Å². The first kappa shape index (κ1) is 15.7. The Labute approximate surface area is 139 Å². The number of anilines is 3. The molecule has 0 aliphatic heterocycles. The molecule has 0 saturated carbocycles. The Kier molecular flexibility index (Phi) is 4.52. The molecule has 0 fully saturated rings. The lowest BCUT2D eigenvalue weighted by molar-refractivity contribution is 0.0992. The molecule has 1 heterocycles. The van der Waals surface area contributed by atoms with E-state index in [1.54, 1.807) is 36.3 Å². The Hall–Kier alpha value is -3.21. The summed E-state index contributed by atoms with van der Waals surface area (Å²) in [6.45, 7) is 0. The number of benzene rings is 2. The zero-order chi connectivity index (χ0) is 16.9. The zero-order valence-corrected chi connectivity index (χ0v) is 13.1. The number of halogens is 1. The van der Waals surface area contributed by atoms with Crippen LogP contribution in [0.2, 0.25) is 0 Å². The fourth-order valence-corrected chi connectivity index (χ4v) is 2.29. The molecule has 1 N–H and O–H groups in total. The summed E-state index contributed by atoms with van der Waals surface area (Å²) >= 11 is 0. The van der Waals surface area contributed by atoms with Gasteiger partial charge in [-0.15, -0.1) is 0 Å². The standard InChI is InChI=1S/C19H16FN3O/c1-23(18-5-3-2-4-6-18)19(24)14-11-17(13-21-12-14)22-16-9-7-15(20)8-10-16/h2-13,22H,1H3. The van der Waals surface area contributed by atoms with Gasteiger partial charge in [0.1, 0.15) is 5.82 Å². The van der Waals surface area contributed by atoms with Gasteiger partial charge in [0.15, 0.2) is 0 Å². The van der Waals surface area contributed by atoms with Gasteiger partial charge in [0.2, 0.25) is 0 Å². The summed E-state index contributed by atoms with van der Waals surface area (Å²) in [5.41, 5.74) is 2.65. The van der Waals surface area contributed by atoms with Crippen LogP contribution in [0.5, 0.6) is 0 Å². The van der Waals surface area contributed by atoms with Crippen LogP contribution in [0.15, 0.2) is 73.1 Å². The molecule has 0 radical (unpaired) electrons. The summed E-state index contributed by atoms with van der Waals surface area (Å²) in [4.78, 5) is 18.3. The molecule has 0 aliphatic carbocycles. The van der Waals surface area contributed by atoms with E-state index in [1.807, 2.05) is 30.3 Å². The molecule has 3 aromatic rings. The lowest BCUT2D eigenvalue weighted by Crippen LogP contribution is -2.26. The second kappa shape index (κ2) is 6.91. The molecule has 0 unspecified atom stereocenters. The van der Waals surface area contributed by atoms with E-state index < -0.39 is 0 Å². The predicted molar refractivity (Wildman–Crippen MR) is 93.1 cm³/mol. The molecule has 4 nitrogen and oxygen atoms in total. The number of amides is 1. The minimum atomic E-state index is -0.299. The van der Waals surface area contributed by atoms with Crippen molar-refractivity contribution in [3.63, 3.8) is 0 Å². The number of rotatable bonds is 4. The van der Waals surface area contributed by atoms with E-state index in [9.17, 15) is 9.18 Å². The van der Waals surface area contributed by atoms with Gasteiger partial charge in [0, 0.05) is 24.6 Å². The van der Waals surface area contributed by atoms with Crippen molar-refractivity contribution in [2.75, 3.05) is 17.3 Å². The summed E-state index contributed by atoms with van der Waals surface area (Å²) in [7, 11) is 1.72. The smallest absolute Gasteiger partial charge is 0.259 e. The van der Waals surface area contributed by atoms with Crippen LogP contribution in [0, 0.1) is 5.82 Å². The highest BCUT2D eigenvalue weighted by Crippen LogP contribution is 2.19. The van der Waals surface area contributed by atoms with Crippen molar-refractivity contribution in [3.05, 3.63) is 84.4 Å². The Morgan fingerprint density at radius 2 is 1.71 bits per heavy atom. The van der Waals surface area contributed by atoms with Crippen LogP contribution in [0.25, 0.3) is 0 Å². The number of nitrogens with zero attached hydrogens (tertiary/aromatic N) is 2. The predicted octanol–water partition coefficient (Wildman–Crippen LogP) is 4.24. The van der Waals surface area contributed by atoms with Crippen molar-refractivity contribution in [2.45, 2.75) is 0 Å². The number of pyridine rings is 1. The van der Waals surface area contributed by atoms with Crippen LogP contribution in [-0.2, 0) is 0 Å². The highest BCUT2D eigenvalue weighted by molar-refractivity contribution is 6.06. The molecular weight excluding hydrogens is 305 g/mol. The molecule has 1 amide bonds. The third-order valence-corrected chi connectivity index (χ3v) is 3.57. The minimum absolute atomic E-state index is 0.156. The van der Waals surface area contributed by atoms with Gasteiger partial charge < -0.3 is 10.2 Å². The van der Waals surface area contributed by atoms with Gasteiger partial charge in [-0.1, -0.05) is 18.2 Å². The number of aromatic nitrogens is 1. The summed E-state index contributed by atoms with van der Waals surface area (Å²) in [5.74, 6) is -0.455. The lowest BCUT2D eigenvalue weighted by Gasteiger charge is -2.17. The van der Waals surface area contributed by atoms with Gasteiger partial charge in [0.05, 0.1) is 17.4 Å². The molecule has 1 aromatic heterocycles. The fraction of sp³-hybridized carbons (Fsp3) is 0.0526. The average Bonchev–Trinajstić information content (AvgIpc) is 2.63. The second-order valence-electron chi connectivity index (χ2n) is 5.29. The lowest BCUT2D eigenvalue weighted by atomic mass is 10.2. The first-order valence-electron chi connectivity index (χ1n) is 7.44. The molecule has 5 heteroatoms. The van der Waals surface area contributed by atoms with Crippen molar-refractivity contribution >= 4 is 23.0 Å². The Balaban J connectivity index is 1.79. The van der Waals surface area contributed by atoms with Crippen LogP contribution < -0.4 is 10.2 Å². The quantitative estimate of drug-likeness (QED) is 0.782. The van der Waals surface area contributed by atoms with Crippen molar-refractivity contribution in [1.29, 1.82) is 0 Å². The molecule has 0 aliphatic rings. The van der Waals surface area contributed by atoms with Crippen molar-refractivity contribution < 1.29 is 9.18 Å². The highest BCUT2D eigenvalue weighted by Gasteiger charge is 2.14. The summed E-state index contributed by atoms with van der Waals surface area (Å²) < 4.78 is 13.0. The number of nitrogens with one attached hydrogen (secondary N) is 1. The molecule has 0 spiro atoms. The maximum absolute atomic E-state index is 13.0. The van der Waals surface area contributed by atoms with E-state index in [0.717, 1.165) is 11.4 Å². The van der Waals surface area contributed by atoms with Gasteiger partial charge in [-0.3, -0.25) is 9.78 Å². The van der Waals surface area contributed by atoms with Gasteiger partial charge in [-0.25, -0.2) is 4.39 Å². The first-order valence-corrected chi connectivity index (χ1v) is 7.44. The van der Waals surface area contributed by atoms with E-state index in [0.29, 0.717) is 11.3 Å². The average molecular weight is 321 g/mol. The third kappa shape index (κ3) is 3.57. The number of hydrogen-bond acceptors (Lipinski definition) is 3. The van der Waals surface area contributed by atoms with Gasteiger partial charge in [-0.2, -0.15) is 0 Å². The second-order valence-corrected chi connectivity index (χ2v) is 5.29. The maximum atomic E-state index is 13.0. The summed E-state index contributed by atoms with van der Waals surface area (Å²) in [5, 5.41) is 3.11. The fourth-order valence-electron chi connectivity index (χ4n) is 2.29. The normalized spacial score (nSPS) is 10.2. The van der Waals surface area contributed by atoms with Gasteiger partial charge in [-0.05, 0) is 42.5 Å². The van der Waals surface area contributed by atoms with E-state index in [4.69, 9.17) is 0 Å². The van der Waals surface area contributed by atoms with E-state index in [2.05, 4.69) is 10.3 Å². The van der Waals surface area contributed by atoms with Gasteiger partial charge >= 0.3 is 0 Å².